The van der Waals surface area contributed by atoms with Gasteiger partial charge in [0.2, 0.25) is 5.95 Å². The molecular weight excluding hydrogens is 455 g/mol. The lowest BCUT2D eigenvalue weighted by Crippen LogP contribution is -2.04. The molecule has 6 aromatic rings. The smallest absolute Gasteiger partial charge is 0.207 e. The highest BCUT2D eigenvalue weighted by atomic mass is 35.5. The summed E-state index contributed by atoms with van der Waals surface area (Å²) in [5.41, 5.74) is 6.15. The van der Waals surface area contributed by atoms with Crippen LogP contribution in [-0.4, -0.2) is 24.3 Å². The molecule has 0 amide bonds. The van der Waals surface area contributed by atoms with Gasteiger partial charge in [-0.3, -0.25) is 9.38 Å². The summed E-state index contributed by atoms with van der Waals surface area (Å²) in [7, 11) is 0. The Bertz CT molecular complexity index is 1640. The number of rotatable bonds is 5. The number of nitrogens with one attached hydrogen (secondary N) is 2. The Hall–Kier alpha value is -3.61. The molecule has 0 saturated heterocycles. The molecule has 0 aliphatic carbocycles. The summed E-state index contributed by atoms with van der Waals surface area (Å²) < 4.78 is 2.07. The van der Waals surface area contributed by atoms with Crippen LogP contribution in [0.5, 0.6) is 0 Å². The van der Waals surface area contributed by atoms with Crippen LogP contribution in [0.1, 0.15) is 16.7 Å². The van der Waals surface area contributed by atoms with Crippen LogP contribution >= 0.6 is 23.2 Å². The Morgan fingerprint density at radius 3 is 2.73 bits per heavy atom. The Kier molecular flexibility index (Phi) is 4.89. The van der Waals surface area contributed by atoms with Crippen LogP contribution in [0.15, 0.2) is 73.4 Å². The average Bonchev–Trinajstić information content (AvgIpc) is 3.40. The molecule has 5 aromatic heterocycles. The molecule has 2 N–H and O–H groups in total. The van der Waals surface area contributed by atoms with Crippen molar-refractivity contribution < 1.29 is 0 Å². The average molecular weight is 473 g/mol. The van der Waals surface area contributed by atoms with E-state index in [1.165, 1.54) is 11.1 Å². The molecule has 0 atom stereocenters. The molecule has 162 valence electrons. The monoisotopic (exact) mass is 472 g/mol. The van der Waals surface area contributed by atoms with Crippen LogP contribution in [0.3, 0.4) is 0 Å². The first-order valence-electron chi connectivity index (χ1n) is 10.5. The van der Waals surface area contributed by atoms with Crippen LogP contribution in [-0.2, 0) is 13.0 Å². The summed E-state index contributed by atoms with van der Waals surface area (Å²) in [4.78, 5) is 16.4. The van der Waals surface area contributed by atoms with E-state index in [2.05, 4.69) is 60.1 Å². The van der Waals surface area contributed by atoms with E-state index >= 15 is 0 Å². The molecule has 6 rings (SSSR count). The SMILES string of the molecule is Clc1cnc2ccc(Cc3ccc4cnc(NCc5cnc6[nH]cc(Cl)c6c5)n4c3)cc2c1. The van der Waals surface area contributed by atoms with Gasteiger partial charge >= 0.3 is 0 Å². The van der Waals surface area contributed by atoms with Gasteiger partial charge in [-0.15, -0.1) is 0 Å². The normalized spacial score (nSPS) is 11.6. The summed E-state index contributed by atoms with van der Waals surface area (Å²) in [6, 6.07) is 14.5. The van der Waals surface area contributed by atoms with E-state index < -0.39 is 0 Å². The number of aromatic amines is 1. The first kappa shape index (κ1) is 20.0. The largest absolute Gasteiger partial charge is 0.351 e. The number of hydrogen-bond acceptors (Lipinski definition) is 4. The zero-order chi connectivity index (χ0) is 22.4. The lowest BCUT2D eigenvalue weighted by atomic mass is 10.0. The molecule has 6 nitrogen and oxygen atoms in total. The number of H-pyrrole nitrogens is 1. The van der Waals surface area contributed by atoms with E-state index in [9.17, 15) is 0 Å². The molecule has 0 fully saturated rings. The standard InChI is InChI=1S/C25H18Cl2N6/c26-19-8-18-6-15(2-4-23(18)28-11-19)5-16-1-3-20-12-32-25(33(20)14-16)31-10-17-7-21-22(27)13-30-24(21)29-9-17/h1-4,6-9,11-14H,5,10H2,(H,29,30)(H,31,32). The minimum absolute atomic E-state index is 0.590. The molecule has 0 aliphatic rings. The van der Waals surface area contributed by atoms with Crippen molar-refractivity contribution in [2.75, 3.05) is 5.32 Å². The van der Waals surface area contributed by atoms with Crippen molar-refractivity contribution in [1.29, 1.82) is 0 Å². The maximum atomic E-state index is 6.23. The van der Waals surface area contributed by atoms with Crippen molar-refractivity contribution in [2.24, 2.45) is 0 Å². The number of pyridine rings is 3. The molecule has 0 unspecified atom stereocenters. The maximum Gasteiger partial charge on any atom is 0.207 e. The molecule has 0 saturated carbocycles. The Balaban J connectivity index is 1.25. The van der Waals surface area contributed by atoms with Crippen molar-refractivity contribution >= 4 is 56.6 Å². The van der Waals surface area contributed by atoms with Gasteiger partial charge in [0.05, 0.1) is 27.3 Å². The fourth-order valence-corrected chi connectivity index (χ4v) is 4.43. The number of fused-ring (bicyclic) bond motifs is 3. The first-order valence-corrected chi connectivity index (χ1v) is 11.2. The third kappa shape index (κ3) is 3.88. The summed E-state index contributed by atoms with van der Waals surface area (Å²) in [5, 5.41) is 6.68. The summed E-state index contributed by atoms with van der Waals surface area (Å²) in [6.07, 6.45) is 10.0. The summed E-state index contributed by atoms with van der Waals surface area (Å²) in [5.74, 6) is 0.779. The van der Waals surface area contributed by atoms with Crippen molar-refractivity contribution in [1.82, 2.24) is 24.3 Å². The second-order valence-electron chi connectivity index (χ2n) is 8.00. The van der Waals surface area contributed by atoms with Gasteiger partial charge in [0.25, 0.3) is 0 Å². The molecule has 5 heterocycles. The molecule has 0 spiro atoms. The van der Waals surface area contributed by atoms with Crippen molar-refractivity contribution in [3.8, 4) is 0 Å². The maximum absolute atomic E-state index is 6.23. The Morgan fingerprint density at radius 1 is 0.879 bits per heavy atom. The van der Waals surface area contributed by atoms with Gasteiger partial charge in [0.15, 0.2) is 0 Å². The quantitative estimate of drug-likeness (QED) is 0.310. The minimum atomic E-state index is 0.590. The van der Waals surface area contributed by atoms with Crippen LogP contribution in [0, 0.1) is 0 Å². The minimum Gasteiger partial charge on any atom is -0.351 e. The zero-order valence-electron chi connectivity index (χ0n) is 17.4. The highest BCUT2D eigenvalue weighted by molar-refractivity contribution is 6.35. The van der Waals surface area contributed by atoms with Crippen LogP contribution in [0.2, 0.25) is 10.0 Å². The summed E-state index contributed by atoms with van der Waals surface area (Å²) >= 11 is 12.3. The number of hydrogen-bond donors (Lipinski definition) is 2. The van der Waals surface area contributed by atoms with E-state index in [1.807, 2.05) is 30.6 Å². The second-order valence-corrected chi connectivity index (χ2v) is 8.84. The lowest BCUT2D eigenvalue weighted by Gasteiger charge is -2.08. The van der Waals surface area contributed by atoms with Crippen molar-refractivity contribution in [3.05, 3.63) is 100 Å². The molecular formula is C25H18Cl2N6. The number of benzene rings is 1. The van der Waals surface area contributed by atoms with Gasteiger partial charge in [0.1, 0.15) is 5.65 Å². The van der Waals surface area contributed by atoms with Crippen molar-refractivity contribution in [3.63, 3.8) is 0 Å². The number of anilines is 1. The fourth-order valence-electron chi connectivity index (χ4n) is 4.06. The van der Waals surface area contributed by atoms with Gasteiger partial charge in [-0.2, -0.15) is 0 Å². The number of halogens is 2. The van der Waals surface area contributed by atoms with Crippen molar-refractivity contribution in [2.45, 2.75) is 13.0 Å². The second kappa shape index (κ2) is 8.06. The fraction of sp³-hybridized carbons (Fsp3) is 0.0800. The topological polar surface area (TPSA) is 70.9 Å². The first-order chi connectivity index (χ1) is 16.1. The molecule has 0 bridgehead atoms. The molecule has 0 aliphatic heterocycles. The summed E-state index contributed by atoms with van der Waals surface area (Å²) in [6.45, 7) is 0.590. The molecule has 1 aromatic carbocycles. The zero-order valence-corrected chi connectivity index (χ0v) is 18.9. The molecule has 33 heavy (non-hydrogen) atoms. The van der Waals surface area contributed by atoms with Gasteiger partial charge in [0, 0.05) is 42.1 Å². The number of aromatic nitrogens is 5. The van der Waals surface area contributed by atoms with Crippen LogP contribution in [0.25, 0.3) is 27.5 Å². The molecule has 0 radical (unpaired) electrons. The lowest BCUT2D eigenvalue weighted by molar-refractivity contribution is 1.03. The van der Waals surface area contributed by atoms with E-state index in [1.54, 1.807) is 12.4 Å². The third-order valence-corrected chi connectivity index (χ3v) is 6.22. The molecule has 8 heteroatoms. The highest BCUT2D eigenvalue weighted by Gasteiger charge is 2.08. The third-order valence-electron chi connectivity index (χ3n) is 5.70. The van der Waals surface area contributed by atoms with E-state index in [0.717, 1.165) is 45.4 Å². The van der Waals surface area contributed by atoms with Gasteiger partial charge in [-0.05, 0) is 53.4 Å². The Morgan fingerprint density at radius 2 is 1.79 bits per heavy atom. The van der Waals surface area contributed by atoms with E-state index in [-0.39, 0.29) is 0 Å². The van der Waals surface area contributed by atoms with E-state index in [0.29, 0.717) is 16.6 Å². The predicted molar refractivity (Wildman–Crippen MR) is 133 cm³/mol. The van der Waals surface area contributed by atoms with Crippen LogP contribution < -0.4 is 5.32 Å². The van der Waals surface area contributed by atoms with Gasteiger partial charge in [-0.1, -0.05) is 35.3 Å². The van der Waals surface area contributed by atoms with Gasteiger partial charge < -0.3 is 10.3 Å². The van der Waals surface area contributed by atoms with Gasteiger partial charge in [-0.25, -0.2) is 9.97 Å². The number of imidazole rings is 1. The predicted octanol–water partition coefficient (Wildman–Crippen LogP) is 6.27. The number of nitrogens with zero attached hydrogens (tertiary/aromatic N) is 4. The Labute approximate surface area is 199 Å². The highest BCUT2D eigenvalue weighted by Crippen LogP contribution is 2.23. The van der Waals surface area contributed by atoms with E-state index in [4.69, 9.17) is 23.2 Å². The van der Waals surface area contributed by atoms with Crippen LogP contribution in [0.4, 0.5) is 5.95 Å².